The van der Waals surface area contributed by atoms with Crippen molar-refractivity contribution in [2.24, 2.45) is 0 Å². The number of carboxylic acids is 1. The number of hydrogen-bond acceptors (Lipinski definition) is 4. The largest absolute Gasteiger partial charge is 0.478 e. The second-order valence-corrected chi connectivity index (χ2v) is 9.48. The van der Waals surface area contributed by atoms with Gasteiger partial charge in [-0.05, 0) is 31.0 Å². The average Bonchev–Trinajstić information content (AvgIpc) is 2.71. The van der Waals surface area contributed by atoms with E-state index in [-0.39, 0.29) is 45.6 Å². The number of carbonyl (C=O) groups excluding carboxylic acids is 2. The molecule has 0 aromatic heterocycles. The molecule has 0 saturated heterocycles. The first-order valence-corrected chi connectivity index (χ1v) is 12.7. The van der Waals surface area contributed by atoms with E-state index < -0.39 is 5.97 Å². The van der Waals surface area contributed by atoms with Gasteiger partial charge in [0, 0.05) is 11.1 Å². The van der Waals surface area contributed by atoms with Gasteiger partial charge in [0.2, 0.25) is 11.8 Å². The normalized spacial score (nSPS) is 16.5. The van der Waals surface area contributed by atoms with E-state index in [1.54, 1.807) is 0 Å². The summed E-state index contributed by atoms with van der Waals surface area (Å²) in [4.78, 5) is 35.8. The Balaban J connectivity index is 1.73. The minimum absolute atomic E-state index is 0.0485. The smallest absolute Gasteiger partial charge is 0.337 e. The highest BCUT2D eigenvalue weighted by atomic mass is 35.5. The van der Waals surface area contributed by atoms with E-state index in [2.05, 4.69) is 10.6 Å². The minimum Gasteiger partial charge on any atom is -0.478 e. The topological polar surface area (TPSA) is 95.5 Å². The maximum absolute atomic E-state index is 12.4. The fraction of sp³-hybridized carbons (Fsp3) is 0.609. The number of thioether (sulfide) groups is 1. The van der Waals surface area contributed by atoms with Crippen molar-refractivity contribution in [1.29, 1.82) is 0 Å². The predicted octanol–water partition coefficient (Wildman–Crippen LogP) is 5.50. The Morgan fingerprint density at radius 3 is 2.03 bits per heavy atom. The third kappa shape index (κ3) is 10.4. The Hall–Kier alpha value is -1.73. The molecule has 1 aromatic rings. The minimum atomic E-state index is -1.16. The fourth-order valence-electron chi connectivity index (χ4n) is 3.80. The van der Waals surface area contributed by atoms with Gasteiger partial charge in [0.15, 0.2) is 0 Å². The molecule has 3 N–H and O–H groups in total. The number of rotatable bonds is 7. The van der Waals surface area contributed by atoms with Gasteiger partial charge < -0.3 is 15.7 Å². The number of benzene rings is 1. The fourth-order valence-corrected chi connectivity index (χ4v) is 4.60. The van der Waals surface area contributed by atoms with Gasteiger partial charge >= 0.3 is 5.97 Å². The lowest BCUT2D eigenvalue weighted by Crippen LogP contribution is -2.36. The van der Waals surface area contributed by atoms with Crippen LogP contribution in [-0.4, -0.2) is 40.4 Å². The molecule has 0 radical (unpaired) electrons. The highest BCUT2D eigenvalue weighted by molar-refractivity contribution is 8.00. The number of aromatic carboxylic acids is 1. The first kappa shape index (κ1) is 25.5. The standard InChI is InChI=1S/C23H33ClN2O4S/c24-17-12-13-20(19(14-17)23(29)30)26-22(28)16-31-15-21(27)25-18-10-8-6-4-2-1-3-5-7-9-11-18/h12-14,18H,1-11,15-16H2,(H,25,27)(H,26,28)(H,29,30). The number of carbonyl (C=O) groups is 3. The maximum atomic E-state index is 12.4. The van der Waals surface area contributed by atoms with Crippen LogP contribution in [0, 0.1) is 0 Å². The van der Waals surface area contributed by atoms with Crippen molar-refractivity contribution in [3.8, 4) is 0 Å². The molecular formula is C23H33ClN2O4S. The van der Waals surface area contributed by atoms with Crippen LogP contribution in [0.15, 0.2) is 18.2 Å². The van der Waals surface area contributed by atoms with Crippen LogP contribution < -0.4 is 10.6 Å². The quantitative estimate of drug-likeness (QED) is 0.491. The summed E-state index contributed by atoms with van der Waals surface area (Å²) in [5.74, 6) is -1.29. The second-order valence-electron chi connectivity index (χ2n) is 8.06. The highest BCUT2D eigenvalue weighted by Gasteiger charge is 2.15. The third-order valence-electron chi connectivity index (χ3n) is 5.42. The van der Waals surface area contributed by atoms with Crippen molar-refractivity contribution in [1.82, 2.24) is 5.32 Å². The molecule has 1 aromatic carbocycles. The lowest BCUT2D eigenvalue weighted by atomic mass is 9.98. The number of carboxylic acid groups (broad SMARTS) is 1. The summed E-state index contributed by atoms with van der Waals surface area (Å²) in [5.41, 5.74) is 0.131. The number of hydrogen-bond donors (Lipinski definition) is 3. The van der Waals surface area contributed by atoms with Crippen molar-refractivity contribution in [2.75, 3.05) is 16.8 Å². The van der Waals surface area contributed by atoms with Crippen LogP contribution in [0.3, 0.4) is 0 Å². The molecule has 6 nitrogen and oxygen atoms in total. The SMILES string of the molecule is O=C(CSCC(=O)NC1CCCCCCCCCCC1)Nc1ccc(Cl)cc1C(=O)O. The van der Waals surface area contributed by atoms with Gasteiger partial charge in [-0.1, -0.05) is 69.4 Å². The summed E-state index contributed by atoms with van der Waals surface area (Å²) in [7, 11) is 0. The number of halogens is 1. The maximum Gasteiger partial charge on any atom is 0.337 e. The molecule has 2 amide bonds. The van der Waals surface area contributed by atoms with Gasteiger partial charge in [0.05, 0.1) is 22.8 Å². The van der Waals surface area contributed by atoms with Crippen molar-refractivity contribution >= 4 is 46.8 Å². The number of anilines is 1. The molecule has 1 aliphatic carbocycles. The van der Waals surface area contributed by atoms with E-state index in [4.69, 9.17) is 11.6 Å². The molecule has 0 unspecified atom stereocenters. The van der Waals surface area contributed by atoms with Crippen LogP contribution in [0.25, 0.3) is 0 Å². The van der Waals surface area contributed by atoms with Crippen molar-refractivity contribution in [3.63, 3.8) is 0 Å². The van der Waals surface area contributed by atoms with Crippen LogP contribution in [0.4, 0.5) is 5.69 Å². The average molecular weight is 469 g/mol. The van der Waals surface area contributed by atoms with Crippen LogP contribution in [0.5, 0.6) is 0 Å². The summed E-state index contributed by atoms with van der Waals surface area (Å²) in [6.45, 7) is 0. The van der Waals surface area contributed by atoms with E-state index in [0.29, 0.717) is 0 Å². The van der Waals surface area contributed by atoms with Crippen LogP contribution >= 0.6 is 23.4 Å². The zero-order valence-electron chi connectivity index (χ0n) is 18.0. The predicted molar refractivity (Wildman–Crippen MR) is 127 cm³/mol. The van der Waals surface area contributed by atoms with Crippen LogP contribution in [0.2, 0.25) is 5.02 Å². The molecule has 0 atom stereocenters. The highest BCUT2D eigenvalue weighted by Crippen LogP contribution is 2.21. The lowest BCUT2D eigenvalue weighted by Gasteiger charge is -2.19. The zero-order chi connectivity index (χ0) is 22.5. The third-order valence-corrected chi connectivity index (χ3v) is 6.59. The summed E-state index contributed by atoms with van der Waals surface area (Å²) in [6.07, 6.45) is 13.3. The van der Waals surface area contributed by atoms with Gasteiger partial charge in [0.1, 0.15) is 0 Å². The lowest BCUT2D eigenvalue weighted by molar-refractivity contribution is -0.119. The Labute approximate surface area is 193 Å². The van der Waals surface area contributed by atoms with E-state index in [1.165, 1.54) is 74.9 Å². The first-order chi connectivity index (χ1) is 15.0. The van der Waals surface area contributed by atoms with Crippen molar-refractivity contribution in [3.05, 3.63) is 28.8 Å². The summed E-state index contributed by atoms with van der Waals surface area (Å²) < 4.78 is 0. The molecule has 172 valence electrons. The van der Waals surface area contributed by atoms with Crippen LogP contribution in [-0.2, 0) is 9.59 Å². The molecule has 0 bridgehead atoms. The molecule has 0 spiro atoms. The summed E-state index contributed by atoms with van der Waals surface area (Å²) in [6, 6.07) is 4.49. The zero-order valence-corrected chi connectivity index (χ0v) is 19.5. The Morgan fingerprint density at radius 2 is 1.45 bits per heavy atom. The number of amides is 2. The van der Waals surface area contributed by atoms with Crippen LogP contribution in [0.1, 0.15) is 81.0 Å². The molecule has 2 rings (SSSR count). The van der Waals surface area contributed by atoms with Gasteiger partial charge in [-0.15, -0.1) is 11.8 Å². The molecule has 1 aliphatic rings. The first-order valence-electron chi connectivity index (χ1n) is 11.2. The number of nitrogens with one attached hydrogen (secondary N) is 2. The van der Waals surface area contributed by atoms with Gasteiger partial charge in [0.25, 0.3) is 0 Å². The Morgan fingerprint density at radius 1 is 0.903 bits per heavy atom. The Kier molecular flexibility index (Phi) is 11.8. The van der Waals surface area contributed by atoms with Gasteiger partial charge in [-0.25, -0.2) is 4.79 Å². The molecule has 0 aliphatic heterocycles. The molecule has 1 saturated carbocycles. The van der Waals surface area contributed by atoms with E-state index in [0.717, 1.165) is 25.7 Å². The van der Waals surface area contributed by atoms with E-state index in [1.807, 2.05) is 0 Å². The van der Waals surface area contributed by atoms with Gasteiger partial charge in [-0.3, -0.25) is 9.59 Å². The molecule has 31 heavy (non-hydrogen) atoms. The summed E-state index contributed by atoms with van der Waals surface area (Å²) in [5, 5.41) is 15.2. The van der Waals surface area contributed by atoms with Crippen molar-refractivity contribution in [2.45, 2.75) is 76.7 Å². The molecule has 0 heterocycles. The van der Waals surface area contributed by atoms with E-state index >= 15 is 0 Å². The molecule has 8 heteroatoms. The van der Waals surface area contributed by atoms with Gasteiger partial charge in [-0.2, -0.15) is 0 Å². The Bertz CT molecular complexity index is 732. The molecular weight excluding hydrogens is 436 g/mol. The van der Waals surface area contributed by atoms with E-state index in [9.17, 15) is 19.5 Å². The second kappa shape index (κ2) is 14.4. The monoisotopic (exact) mass is 468 g/mol. The van der Waals surface area contributed by atoms with Crippen molar-refractivity contribution < 1.29 is 19.5 Å². The molecule has 1 fully saturated rings. The summed E-state index contributed by atoms with van der Waals surface area (Å²) >= 11 is 7.04.